The Bertz CT molecular complexity index is 334. The van der Waals surface area contributed by atoms with Crippen LogP contribution >= 0.6 is 0 Å². The van der Waals surface area contributed by atoms with E-state index in [0.717, 1.165) is 5.69 Å². The molecule has 0 unspecified atom stereocenters. The Morgan fingerprint density at radius 2 is 2.40 bits per heavy atom. The van der Waals surface area contributed by atoms with Gasteiger partial charge < -0.3 is 10.1 Å². The fourth-order valence-corrected chi connectivity index (χ4v) is 1.13. The van der Waals surface area contributed by atoms with Gasteiger partial charge in [-0.2, -0.15) is 0 Å². The second-order valence-corrected chi connectivity index (χ2v) is 3.25. The number of carbonyl (C=O) groups excluding carboxylic acids is 1. The fraction of sp³-hybridized carbons (Fsp3) is 0.444. The molecular weight excluding hydrogens is 198 g/mol. The van der Waals surface area contributed by atoms with Gasteiger partial charge in [-0.05, 0) is 6.92 Å². The lowest BCUT2D eigenvalue weighted by molar-refractivity contribution is -0.139. The van der Waals surface area contributed by atoms with Crippen LogP contribution < -0.4 is 5.32 Å². The van der Waals surface area contributed by atoms with Crippen LogP contribution in [0.3, 0.4) is 0 Å². The SMILES string of the molecule is CC(=O)CN[C@@H](Cc1cnc[nH]1)C(=O)O. The first-order valence-corrected chi connectivity index (χ1v) is 4.52. The van der Waals surface area contributed by atoms with Crippen LogP contribution in [0.1, 0.15) is 12.6 Å². The smallest absolute Gasteiger partial charge is 0.321 e. The quantitative estimate of drug-likeness (QED) is 0.594. The molecule has 1 aromatic rings. The van der Waals surface area contributed by atoms with Crippen LogP contribution in [-0.2, 0) is 16.0 Å². The van der Waals surface area contributed by atoms with Crippen molar-refractivity contribution in [2.24, 2.45) is 0 Å². The summed E-state index contributed by atoms with van der Waals surface area (Å²) in [5.74, 6) is -1.07. The molecule has 0 spiro atoms. The second kappa shape index (κ2) is 5.26. The number of carboxylic acid groups (broad SMARTS) is 1. The zero-order chi connectivity index (χ0) is 11.3. The minimum absolute atomic E-state index is 0.0606. The predicted molar refractivity (Wildman–Crippen MR) is 52.4 cm³/mol. The van der Waals surface area contributed by atoms with E-state index in [9.17, 15) is 9.59 Å². The molecule has 6 nitrogen and oxygen atoms in total. The number of ketones is 1. The van der Waals surface area contributed by atoms with Crippen molar-refractivity contribution < 1.29 is 14.7 Å². The molecule has 15 heavy (non-hydrogen) atoms. The highest BCUT2D eigenvalue weighted by Gasteiger charge is 2.18. The van der Waals surface area contributed by atoms with Gasteiger partial charge in [-0.15, -0.1) is 0 Å². The van der Waals surface area contributed by atoms with Crippen LogP contribution in [0.2, 0.25) is 0 Å². The number of H-pyrrole nitrogens is 1. The lowest BCUT2D eigenvalue weighted by Crippen LogP contribution is -2.40. The van der Waals surface area contributed by atoms with E-state index in [4.69, 9.17) is 5.11 Å². The average Bonchev–Trinajstić information content (AvgIpc) is 2.63. The molecule has 3 N–H and O–H groups in total. The molecule has 1 heterocycles. The zero-order valence-corrected chi connectivity index (χ0v) is 8.36. The van der Waals surface area contributed by atoms with Crippen molar-refractivity contribution in [3.8, 4) is 0 Å². The molecule has 1 rings (SSSR count). The molecular formula is C9H13N3O3. The Balaban J connectivity index is 2.51. The average molecular weight is 211 g/mol. The van der Waals surface area contributed by atoms with Crippen molar-refractivity contribution >= 4 is 11.8 Å². The Kier molecular flexibility index (Phi) is 3.99. The Morgan fingerprint density at radius 3 is 2.87 bits per heavy atom. The summed E-state index contributed by atoms with van der Waals surface area (Å²) in [7, 11) is 0. The molecule has 0 aliphatic heterocycles. The molecule has 0 aliphatic carbocycles. The maximum Gasteiger partial charge on any atom is 0.321 e. The van der Waals surface area contributed by atoms with Crippen LogP contribution in [0.5, 0.6) is 0 Å². The number of hydrogen-bond donors (Lipinski definition) is 3. The standard InChI is InChI=1S/C9H13N3O3/c1-6(13)3-11-8(9(14)15)2-7-4-10-5-12-7/h4-5,8,11H,2-3H2,1H3,(H,10,12)(H,14,15)/t8-/m0/s1. The van der Waals surface area contributed by atoms with E-state index in [1.54, 1.807) is 6.20 Å². The maximum absolute atomic E-state index is 10.8. The van der Waals surface area contributed by atoms with E-state index in [1.165, 1.54) is 13.3 Å². The number of rotatable bonds is 6. The summed E-state index contributed by atoms with van der Waals surface area (Å²) in [6.07, 6.45) is 3.33. The van der Waals surface area contributed by atoms with E-state index in [0.29, 0.717) is 0 Å². The number of nitrogens with one attached hydrogen (secondary N) is 2. The van der Waals surface area contributed by atoms with Crippen LogP contribution in [0.25, 0.3) is 0 Å². The minimum Gasteiger partial charge on any atom is -0.480 e. The molecule has 1 aromatic heterocycles. The van der Waals surface area contributed by atoms with Gasteiger partial charge in [-0.25, -0.2) is 4.98 Å². The van der Waals surface area contributed by atoms with Crippen molar-refractivity contribution in [1.29, 1.82) is 0 Å². The molecule has 0 aromatic carbocycles. The third-order valence-corrected chi connectivity index (χ3v) is 1.87. The highest BCUT2D eigenvalue weighted by atomic mass is 16.4. The number of aromatic nitrogens is 2. The maximum atomic E-state index is 10.8. The molecule has 0 bridgehead atoms. The topological polar surface area (TPSA) is 95.1 Å². The lowest BCUT2D eigenvalue weighted by Gasteiger charge is -2.11. The van der Waals surface area contributed by atoms with Crippen molar-refractivity contribution in [2.45, 2.75) is 19.4 Å². The molecule has 0 amide bonds. The van der Waals surface area contributed by atoms with Crippen molar-refractivity contribution in [2.75, 3.05) is 6.54 Å². The molecule has 1 atom stereocenters. The van der Waals surface area contributed by atoms with Gasteiger partial charge in [-0.1, -0.05) is 0 Å². The van der Waals surface area contributed by atoms with Gasteiger partial charge in [0, 0.05) is 18.3 Å². The number of aliphatic carboxylic acids is 1. The van der Waals surface area contributed by atoms with Gasteiger partial charge in [0.1, 0.15) is 11.8 Å². The fourth-order valence-electron chi connectivity index (χ4n) is 1.13. The molecule has 6 heteroatoms. The van der Waals surface area contributed by atoms with Crippen molar-refractivity contribution in [3.05, 3.63) is 18.2 Å². The zero-order valence-electron chi connectivity index (χ0n) is 8.36. The van der Waals surface area contributed by atoms with Crippen molar-refractivity contribution in [3.63, 3.8) is 0 Å². The summed E-state index contributed by atoms with van der Waals surface area (Å²) in [5.41, 5.74) is 0.721. The summed E-state index contributed by atoms with van der Waals surface area (Å²) >= 11 is 0. The first-order chi connectivity index (χ1) is 7.09. The highest BCUT2D eigenvalue weighted by Crippen LogP contribution is 1.98. The summed E-state index contributed by atoms with van der Waals surface area (Å²) < 4.78 is 0. The van der Waals surface area contributed by atoms with Crippen molar-refractivity contribution in [1.82, 2.24) is 15.3 Å². The van der Waals surface area contributed by atoms with Crippen LogP contribution in [0, 0.1) is 0 Å². The number of carboxylic acids is 1. The van der Waals surface area contributed by atoms with E-state index in [1.807, 2.05) is 0 Å². The van der Waals surface area contributed by atoms with Gasteiger partial charge in [-0.3, -0.25) is 14.9 Å². The van der Waals surface area contributed by atoms with Gasteiger partial charge in [0.25, 0.3) is 0 Å². The number of hydrogen-bond acceptors (Lipinski definition) is 4. The summed E-state index contributed by atoms with van der Waals surface area (Å²) in [6, 6.07) is -0.769. The lowest BCUT2D eigenvalue weighted by atomic mass is 10.1. The summed E-state index contributed by atoms with van der Waals surface area (Å²) in [6.45, 7) is 1.47. The first kappa shape index (κ1) is 11.4. The molecule has 0 aliphatic rings. The normalized spacial score (nSPS) is 12.3. The minimum atomic E-state index is -0.981. The van der Waals surface area contributed by atoms with Gasteiger partial charge in [0.2, 0.25) is 0 Å². The van der Waals surface area contributed by atoms with Gasteiger partial charge in [0.05, 0.1) is 12.9 Å². The number of imidazole rings is 1. The van der Waals surface area contributed by atoms with Gasteiger partial charge >= 0.3 is 5.97 Å². The van der Waals surface area contributed by atoms with E-state index >= 15 is 0 Å². The molecule has 82 valence electrons. The van der Waals surface area contributed by atoms with E-state index in [2.05, 4.69) is 15.3 Å². The first-order valence-electron chi connectivity index (χ1n) is 4.52. The second-order valence-electron chi connectivity index (χ2n) is 3.25. The Hall–Kier alpha value is -1.69. The largest absolute Gasteiger partial charge is 0.480 e. The Morgan fingerprint density at radius 1 is 1.67 bits per heavy atom. The third-order valence-electron chi connectivity index (χ3n) is 1.87. The molecule has 0 saturated heterocycles. The highest BCUT2D eigenvalue weighted by molar-refractivity contribution is 5.79. The van der Waals surface area contributed by atoms with E-state index < -0.39 is 12.0 Å². The third kappa shape index (κ3) is 3.90. The summed E-state index contributed by atoms with van der Waals surface area (Å²) in [5, 5.41) is 11.5. The van der Waals surface area contributed by atoms with Crippen LogP contribution in [-0.4, -0.2) is 39.4 Å². The summed E-state index contributed by atoms with van der Waals surface area (Å²) in [4.78, 5) is 28.1. The molecule has 0 saturated carbocycles. The van der Waals surface area contributed by atoms with Gasteiger partial charge in [0.15, 0.2) is 0 Å². The monoisotopic (exact) mass is 211 g/mol. The number of Topliss-reactive ketones (excluding diaryl/α,β-unsaturated/α-hetero) is 1. The van der Waals surface area contributed by atoms with Crippen LogP contribution in [0.15, 0.2) is 12.5 Å². The number of carbonyl (C=O) groups is 2. The number of aromatic amines is 1. The van der Waals surface area contributed by atoms with E-state index in [-0.39, 0.29) is 18.7 Å². The predicted octanol–water partition coefficient (Wildman–Crippen LogP) is -0.416. The Labute approximate surface area is 86.7 Å². The molecule has 0 radical (unpaired) electrons. The number of nitrogens with zero attached hydrogens (tertiary/aromatic N) is 1. The van der Waals surface area contributed by atoms with Crippen LogP contribution in [0.4, 0.5) is 0 Å². The molecule has 0 fully saturated rings.